The van der Waals surface area contributed by atoms with Crippen LogP contribution in [0.4, 0.5) is 0 Å². The highest BCUT2D eigenvalue weighted by atomic mass is 16.5. The molecule has 1 atom stereocenters. The minimum absolute atomic E-state index is 0.0349. The fourth-order valence-corrected chi connectivity index (χ4v) is 4.37. The van der Waals surface area contributed by atoms with Gasteiger partial charge in [0.15, 0.2) is 11.5 Å². The van der Waals surface area contributed by atoms with Crippen LogP contribution in [0.5, 0.6) is 17.2 Å². The molecule has 188 valence electrons. The SMILES string of the molecule is CCN(CC)CCN1C(=O)C(=O)/C(=C(/O)c2ccc(C)cc2)[C@H]1c1cc(OC)c(OC)c(OC)c1. The highest BCUT2D eigenvalue weighted by molar-refractivity contribution is 6.46. The molecule has 1 aliphatic rings. The molecular weight excluding hydrogens is 448 g/mol. The molecule has 1 N–H and O–H groups in total. The second-order valence-corrected chi connectivity index (χ2v) is 8.34. The summed E-state index contributed by atoms with van der Waals surface area (Å²) >= 11 is 0. The normalized spacial score (nSPS) is 17.2. The minimum atomic E-state index is -0.819. The number of aliphatic hydroxyl groups excluding tert-OH is 1. The molecule has 0 aromatic heterocycles. The van der Waals surface area contributed by atoms with Crippen LogP contribution in [0, 0.1) is 6.92 Å². The fraction of sp³-hybridized carbons (Fsp3) is 0.407. The van der Waals surface area contributed by atoms with Gasteiger partial charge in [-0.25, -0.2) is 0 Å². The van der Waals surface area contributed by atoms with E-state index in [0.29, 0.717) is 41.5 Å². The van der Waals surface area contributed by atoms with Crippen molar-refractivity contribution in [2.24, 2.45) is 0 Å². The molecule has 35 heavy (non-hydrogen) atoms. The van der Waals surface area contributed by atoms with Gasteiger partial charge in [-0.3, -0.25) is 9.59 Å². The van der Waals surface area contributed by atoms with Gasteiger partial charge in [0.2, 0.25) is 5.75 Å². The van der Waals surface area contributed by atoms with Crippen LogP contribution in [0.1, 0.15) is 36.6 Å². The van der Waals surface area contributed by atoms with E-state index in [1.165, 1.54) is 26.2 Å². The highest BCUT2D eigenvalue weighted by Gasteiger charge is 2.46. The van der Waals surface area contributed by atoms with Gasteiger partial charge in [0.05, 0.1) is 32.9 Å². The average molecular weight is 483 g/mol. The first kappa shape index (κ1) is 26.1. The minimum Gasteiger partial charge on any atom is -0.507 e. The molecule has 0 unspecified atom stereocenters. The van der Waals surface area contributed by atoms with E-state index in [1.807, 2.05) is 32.9 Å². The van der Waals surface area contributed by atoms with Crippen LogP contribution in [0.2, 0.25) is 0 Å². The number of nitrogens with zero attached hydrogens (tertiary/aromatic N) is 2. The average Bonchev–Trinajstić information content (AvgIpc) is 3.13. The molecule has 1 heterocycles. The summed E-state index contributed by atoms with van der Waals surface area (Å²) in [6, 6.07) is 9.77. The van der Waals surface area contributed by atoms with E-state index in [9.17, 15) is 14.7 Å². The summed E-state index contributed by atoms with van der Waals surface area (Å²) in [6.45, 7) is 8.57. The zero-order valence-corrected chi connectivity index (χ0v) is 21.3. The summed E-state index contributed by atoms with van der Waals surface area (Å²) in [5.74, 6) is -0.395. The molecule has 1 fully saturated rings. The lowest BCUT2D eigenvalue weighted by molar-refractivity contribution is -0.140. The van der Waals surface area contributed by atoms with Gasteiger partial charge in [-0.2, -0.15) is 0 Å². The van der Waals surface area contributed by atoms with Gasteiger partial charge in [-0.15, -0.1) is 0 Å². The fourth-order valence-electron chi connectivity index (χ4n) is 4.37. The first-order valence-electron chi connectivity index (χ1n) is 11.7. The third-order valence-electron chi connectivity index (χ3n) is 6.42. The van der Waals surface area contributed by atoms with Gasteiger partial charge in [-0.1, -0.05) is 43.7 Å². The lowest BCUT2D eigenvalue weighted by Gasteiger charge is -2.29. The van der Waals surface area contributed by atoms with Crippen LogP contribution in [-0.4, -0.2) is 74.1 Å². The van der Waals surface area contributed by atoms with Crippen LogP contribution < -0.4 is 14.2 Å². The first-order chi connectivity index (χ1) is 16.8. The smallest absolute Gasteiger partial charge is 0.295 e. The van der Waals surface area contributed by atoms with Gasteiger partial charge in [0.1, 0.15) is 5.76 Å². The van der Waals surface area contributed by atoms with E-state index in [4.69, 9.17) is 14.2 Å². The van der Waals surface area contributed by atoms with Gasteiger partial charge in [-0.05, 0) is 37.7 Å². The number of methoxy groups -OCH3 is 3. The molecule has 0 radical (unpaired) electrons. The Bertz CT molecular complexity index is 1080. The molecule has 2 aromatic rings. The van der Waals surface area contributed by atoms with E-state index in [2.05, 4.69) is 4.90 Å². The quantitative estimate of drug-likeness (QED) is 0.313. The van der Waals surface area contributed by atoms with E-state index in [0.717, 1.165) is 18.7 Å². The van der Waals surface area contributed by atoms with Crippen molar-refractivity contribution < 1.29 is 28.9 Å². The Morgan fingerprint density at radius 2 is 1.54 bits per heavy atom. The predicted molar refractivity (Wildman–Crippen MR) is 134 cm³/mol. The Kier molecular flexibility index (Phi) is 8.40. The van der Waals surface area contributed by atoms with Crippen molar-refractivity contribution in [3.05, 3.63) is 58.7 Å². The maximum absolute atomic E-state index is 13.3. The number of ether oxygens (including phenoxy) is 3. The Balaban J connectivity index is 2.21. The monoisotopic (exact) mass is 482 g/mol. The number of rotatable bonds is 10. The molecular formula is C27H34N2O6. The summed E-state index contributed by atoms with van der Waals surface area (Å²) < 4.78 is 16.5. The molecule has 8 heteroatoms. The number of hydrogen-bond donors (Lipinski definition) is 1. The highest BCUT2D eigenvalue weighted by Crippen LogP contribution is 2.45. The predicted octanol–water partition coefficient (Wildman–Crippen LogP) is 3.78. The topological polar surface area (TPSA) is 88.5 Å². The van der Waals surface area contributed by atoms with E-state index < -0.39 is 17.7 Å². The largest absolute Gasteiger partial charge is 0.507 e. The van der Waals surface area contributed by atoms with Crippen molar-refractivity contribution >= 4 is 17.4 Å². The van der Waals surface area contributed by atoms with Crippen molar-refractivity contribution in [3.8, 4) is 17.2 Å². The number of likely N-dealkylation sites (tertiary alicyclic amines) is 1. The first-order valence-corrected chi connectivity index (χ1v) is 11.7. The van der Waals surface area contributed by atoms with Crippen LogP contribution in [0.15, 0.2) is 42.0 Å². The van der Waals surface area contributed by atoms with Crippen LogP contribution >= 0.6 is 0 Å². The van der Waals surface area contributed by atoms with E-state index in [-0.39, 0.29) is 11.3 Å². The maximum Gasteiger partial charge on any atom is 0.295 e. The number of benzene rings is 2. The van der Waals surface area contributed by atoms with Crippen LogP contribution in [0.3, 0.4) is 0 Å². The number of aryl methyl sites for hydroxylation is 1. The van der Waals surface area contributed by atoms with Crippen molar-refractivity contribution in [2.75, 3.05) is 47.5 Å². The summed E-state index contributed by atoms with van der Waals surface area (Å²) in [5.41, 5.74) is 2.09. The van der Waals surface area contributed by atoms with Crippen molar-refractivity contribution in [2.45, 2.75) is 26.8 Å². The van der Waals surface area contributed by atoms with E-state index >= 15 is 0 Å². The second-order valence-electron chi connectivity index (χ2n) is 8.34. The molecule has 3 rings (SSSR count). The Hall–Kier alpha value is -3.52. The van der Waals surface area contributed by atoms with Gasteiger partial charge in [0, 0.05) is 18.7 Å². The molecule has 1 aliphatic heterocycles. The number of ketones is 1. The number of hydrogen-bond acceptors (Lipinski definition) is 7. The molecule has 0 bridgehead atoms. The molecule has 1 amide bonds. The second kappa shape index (κ2) is 11.3. The maximum atomic E-state index is 13.3. The van der Waals surface area contributed by atoms with Crippen molar-refractivity contribution in [1.82, 2.24) is 9.80 Å². The zero-order valence-electron chi connectivity index (χ0n) is 21.3. The summed E-state index contributed by atoms with van der Waals surface area (Å²) in [7, 11) is 4.52. The molecule has 1 saturated heterocycles. The Labute approximate surface area is 206 Å². The van der Waals surface area contributed by atoms with Crippen molar-refractivity contribution in [3.63, 3.8) is 0 Å². The Morgan fingerprint density at radius 3 is 2.03 bits per heavy atom. The number of carbonyl (C=O) groups is 2. The summed E-state index contributed by atoms with van der Waals surface area (Å²) in [6.07, 6.45) is 0. The number of carbonyl (C=O) groups excluding carboxylic acids is 2. The zero-order chi connectivity index (χ0) is 25.7. The van der Waals surface area contributed by atoms with Crippen LogP contribution in [0.25, 0.3) is 5.76 Å². The summed E-state index contributed by atoms with van der Waals surface area (Å²) in [4.78, 5) is 30.2. The van der Waals surface area contributed by atoms with Crippen molar-refractivity contribution in [1.29, 1.82) is 0 Å². The molecule has 0 saturated carbocycles. The number of amides is 1. The van der Waals surface area contributed by atoms with E-state index in [1.54, 1.807) is 24.3 Å². The summed E-state index contributed by atoms with van der Waals surface area (Å²) in [5, 5.41) is 11.3. The Morgan fingerprint density at radius 1 is 0.971 bits per heavy atom. The molecule has 0 aliphatic carbocycles. The third-order valence-corrected chi connectivity index (χ3v) is 6.42. The molecule has 0 spiro atoms. The number of Topliss-reactive ketones (excluding diaryl/α,β-unsaturated/α-hetero) is 1. The van der Waals surface area contributed by atoms with Crippen LogP contribution in [-0.2, 0) is 9.59 Å². The number of likely N-dealkylation sites (N-methyl/N-ethyl adjacent to an activating group) is 1. The lowest BCUT2D eigenvalue weighted by atomic mass is 9.94. The van der Waals surface area contributed by atoms with Gasteiger partial charge < -0.3 is 29.1 Å². The standard InChI is InChI=1S/C27H34N2O6/c1-7-28(8-2)13-14-29-23(19-15-20(33-4)26(35-6)21(16-19)34-5)22(25(31)27(29)32)24(30)18-11-9-17(3)10-12-18/h9-12,15-16,23,30H,7-8,13-14H2,1-6H3/b24-22+/t23-/m1/s1. The number of aliphatic hydroxyl groups is 1. The molecule has 2 aromatic carbocycles. The van der Waals surface area contributed by atoms with Gasteiger partial charge in [0.25, 0.3) is 11.7 Å². The third kappa shape index (κ3) is 5.12. The lowest BCUT2D eigenvalue weighted by Crippen LogP contribution is -2.38. The van der Waals surface area contributed by atoms with Gasteiger partial charge >= 0.3 is 0 Å². The molecule has 8 nitrogen and oxygen atoms in total.